The molecule has 24 heavy (non-hydrogen) atoms. The first kappa shape index (κ1) is 18.2. The number of hydrogen-bond donors (Lipinski definition) is 0. The zero-order valence-corrected chi connectivity index (χ0v) is 16.0. The summed E-state index contributed by atoms with van der Waals surface area (Å²) >= 11 is 0. The van der Waals surface area contributed by atoms with Crippen LogP contribution in [0.2, 0.25) is 0 Å². The van der Waals surface area contributed by atoms with Gasteiger partial charge < -0.3 is 0 Å². The highest BCUT2D eigenvalue weighted by atomic mass is 14.4. The van der Waals surface area contributed by atoms with E-state index in [1.807, 2.05) is 0 Å². The maximum Gasteiger partial charge on any atom is 0.0810 e. The van der Waals surface area contributed by atoms with Crippen LogP contribution in [0.15, 0.2) is 18.2 Å². The summed E-state index contributed by atoms with van der Waals surface area (Å²) in [5.74, 6) is 0. The fraction of sp³-hybridized carbons (Fsp3) is 0.727. The largest absolute Gasteiger partial charge is 0.0810 e. The van der Waals surface area contributed by atoms with Crippen molar-refractivity contribution in [2.24, 2.45) is 0 Å². The summed E-state index contributed by atoms with van der Waals surface area (Å²) in [6.45, 7) is 6.98. The highest BCUT2D eigenvalue weighted by Crippen LogP contribution is 2.47. The van der Waals surface area contributed by atoms with Gasteiger partial charge in [0, 0.05) is 0 Å². The van der Waals surface area contributed by atoms with Crippen LogP contribution in [0, 0.1) is 0 Å². The van der Waals surface area contributed by atoms with Crippen molar-refractivity contribution in [2.75, 3.05) is 0 Å². The van der Waals surface area contributed by atoms with E-state index in [0.29, 0.717) is 0 Å². The van der Waals surface area contributed by atoms with Crippen LogP contribution in [-0.4, -0.2) is 15.7 Å². The van der Waals surface area contributed by atoms with Crippen molar-refractivity contribution in [1.29, 1.82) is 0 Å². The first-order valence-electron chi connectivity index (χ1n) is 9.99. The molecule has 3 rings (SSSR count). The zero-order valence-electron chi connectivity index (χ0n) is 16.0. The Bertz CT molecular complexity index is 528. The van der Waals surface area contributed by atoms with E-state index < -0.39 is 0 Å². The van der Waals surface area contributed by atoms with E-state index >= 15 is 0 Å². The average molecular weight is 318 g/mol. The minimum Gasteiger partial charge on any atom is -0.0617 e. The Morgan fingerprint density at radius 1 is 0.708 bits per heavy atom. The van der Waals surface area contributed by atoms with Crippen LogP contribution in [-0.2, 0) is 16.0 Å². The molecule has 2 aliphatic carbocycles. The van der Waals surface area contributed by atoms with Gasteiger partial charge in [0.1, 0.15) is 0 Å². The van der Waals surface area contributed by atoms with Gasteiger partial charge in [-0.05, 0) is 32.7 Å². The summed E-state index contributed by atoms with van der Waals surface area (Å²) in [5, 5.41) is -0.330. The number of hydrogen-bond acceptors (Lipinski definition) is 0. The Hall–Kier alpha value is -0.650. The normalized spacial score (nSPS) is 23.8. The Labute approximate surface area is 152 Å². The molecule has 2 fully saturated rings. The maximum atomic E-state index is 6.98. The van der Waals surface area contributed by atoms with Gasteiger partial charge in [-0.25, -0.2) is 0 Å². The lowest BCUT2D eigenvalue weighted by Gasteiger charge is -2.44. The van der Waals surface area contributed by atoms with E-state index in [9.17, 15) is 0 Å². The van der Waals surface area contributed by atoms with Gasteiger partial charge in [0.2, 0.25) is 0 Å². The van der Waals surface area contributed by atoms with Crippen molar-refractivity contribution in [3.05, 3.63) is 34.9 Å². The van der Waals surface area contributed by atoms with Crippen LogP contribution in [0.4, 0.5) is 0 Å². The number of benzene rings is 1. The van der Waals surface area contributed by atoms with E-state index in [0.717, 1.165) is 25.7 Å². The quantitative estimate of drug-likeness (QED) is 0.619. The summed E-state index contributed by atoms with van der Waals surface area (Å²) in [6.07, 6.45) is 12.1. The third-order valence-corrected chi connectivity index (χ3v) is 6.38. The summed E-state index contributed by atoms with van der Waals surface area (Å²) in [4.78, 5) is 0. The molecule has 0 N–H and O–H groups in total. The van der Waals surface area contributed by atoms with Gasteiger partial charge in [0.15, 0.2) is 0 Å². The highest BCUT2D eigenvalue weighted by Gasteiger charge is 2.38. The molecular weight excluding hydrogens is 286 g/mol. The first-order chi connectivity index (χ1) is 11.3. The van der Waals surface area contributed by atoms with E-state index in [4.69, 9.17) is 15.7 Å². The van der Waals surface area contributed by atoms with Gasteiger partial charge in [0.25, 0.3) is 0 Å². The first-order valence-corrected chi connectivity index (χ1v) is 9.99. The third-order valence-electron chi connectivity index (χ3n) is 6.38. The van der Waals surface area contributed by atoms with Crippen LogP contribution in [0.1, 0.15) is 102 Å². The fourth-order valence-electron chi connectivity index (χ4n) is 5.09. The molecule has 0 saturated heterocycles. The molecule has 0 spiro atoms. The van der Waals surface area contributed by atoms with Gasteiger partial charge in [-0.15, -0.1) is 0 Å². The summed E-state index contributed by atoms with van der Waals surface area (Å²) in [7, 11) is 14.0. The van der Waals surface area contributed by atoms with Crippen LogP contribution in [0.25, 0.3) is 0 Å². The van der Waals surface area contributed by atoms with Crippen molar-refractivity contribution in [3.63, 3.8) is 0 Å². The van der Waals surface area contributed by atoms with Crippen molar-refractivity contribution in [2.45, 2.75) is 101 Å². The number of rotatable bonds is 2. The van der Waals surface area contributed by atoms with Crippen LogP contribution in [0.5, 0.6) is 0 Å². The molecular formula is C22H32B2. The molecule has 2 heteroatoms. The monoisotopic (exact) mass is 318 g/mol. The highest BCUT2D eigenvalue weighted by molar-refractivity contribution is 6.17. The second-order valence-electron chi connectivity index (χ2n) is 9.41. The van der Waals surface area contributed by atoms with Crippen LogP contribution >= 0.6 is 0 Å². The van der Waals surface area contributed by atoms with E-state index in [1.165, 1.54) is 55.2 Å². The molecule has 0 amide bonds. The van der Waals surface area contributed by atoms with E-state index in [2.05, 4.69) is 39.0 Å². The lowest BCUT2D eigenvalue weighted by Crippen LogP contribution is -2.37. The molecule has 1 aromatic rings. The van der Waals surface area contributed by atoms with E-state index in [-0.39, 0.29) is 16.0 Å². The van der Waals surface area contributed by atoms with Crippen molar-refractivity contribution < 1.29 is 0 Å². The minimum absolute atomic E-state index is 0.0690. The lowest BCUT2D eigenvalue weighted by molar-refractivity contribution is 0.375. The molecule has 0 unspecified atom stereocenters. The molecule has 2 saturated carbocycles. The molecule has 4 radical (unpaired) electrons. The topological polar surface area (TPSA) is 0 Å². The summed E-state index contributed by atoms with van der Waals surface area (Å²) in [5.41, 5.74) is 4.27. The molecule has 0 heterocycles. The third kappa shape index (κ3) is 3.35. The molecule has 0 aromatic heterocycles. The van der Waals surface area contributed by atoms with Crippen molar-refractivity contribution in [3.8, 4) is 0 Å². The van der Waals surface area contributed by atoms with Gasteiger partial charge in [-0.2, -0.15) is 0 Å². The Balaban J connectivity index is 2.15. The smallest absolute Gasteiger partial charge is 0.0617 e. The standard InChI is InChI=1S/C22H32B2/c1-20(2,3)19-17(21(23)13-6-4-7-14-21)11-10-12-18(19)22(24)15-8-5-9-16-22/h10-12H,4-9,13-16H2,1-3H3. The molecule has 0 nitrogen and oxygen atoms in total. The summed E-state index contributed by atoms with van der Waals surface area (Å²) < 4.78 is 0. The predicted molar refractivity (Wildman–Crippen MR) is 106 cm³/mol. The fourth-order valence-corrected chi connectivity index (χ4v) is 5.09. The molecule has 2 aliphatic rings. The lowest BCUT2D eigenvalue weighted by atomic mass is 9.50. The molecule has 0 bridgehead atoms. The zero-order chi connectivity index (χ0) is 17.4. The van der Waals surface area contributed by atoms with Gasteiger partial charge in [-0.1, -0.05) is 103 Å². The van der Waals surface area contributed by atoms with Gasteiger partial charge in [0.05, 0.1) is 15.7 Å². The van der Waals surface area contributed by atoms with Crippen molar-refractivity contribution >= 4 is 15.7 Å². The Morgan fingerprint density at radius 2 is 1.08 bits per heavy atom. The maximum absolute atomic E-state index is 6.98. The SMILES string of the molecule is [B]C1(c2cccc(C3([B])CCCCC3)c2C(C)(C)C)CCCCC1. The Kier molecular flexibility index (Phi) is 4.98. The predicted octanol–water partition coefficient (Wildman–Crippen LogP) is 5.64. The molecule has 126 valence electrons. The summed E-state index contributed by atoms with van der Waals surface area (Å²) in [6, 6.07) is 6.80. The minimum atomic E-state index is -0.165. The second kappa shape index (κ2) is 6.58. The molecule has 1 aromatic carbocycles. The molecule has 0 atom stereocenters. The van der Waals surface area contributed by atoms with E-state index in [1.54, 1.807) is 0 Å². The molecule has 0 aliphatic heterocycles. The van der Waals surface area contributed by atoms with Gasteiger partial charge >= 0.3 is 0 Å². The second-order valence-corrected chi connectivity index (χ2v) is 9.41. The van der Waals surface area contributed by atoms with Crippen LogP contribution in [0.3, 0.4) is 0 Å². The van der Waals surface area contributed by atoms with Crippen LogP contribution < -0.4 is 0 Å². The Morgan fingerprint density at radius 3 is 1.42 bits per heavy atom. The van der Waals surface area contributed by atoms with Gasteiger partial charge in [-0.3, -0.25) is 0 Å². The van der Waals surface area contributed by atoms with Crippen molar-refractivity contribution in [1.82, 2.24) is 0 Å². The average Bonchev–Trinajstić information content (AvgIpc) is 2.55.